The zero-order valence-corrected chi connectivity index (χ0v) is 7.86. The number of nitrogen functional groups attached to an aromatic ring is 1. The molecule has 1 aromatic carbocycles. The van der Waals surface area contributed by atoms with E-state index in [0.717, 1.165) is 16.9 Å². The lowest BCUT2D eigenvalue weighted by molar-refractivity contribution is 0.416. The third-order valence-electron chi connectivity index (χ3n) is 2.04. The van der Waals surface area contributed by atoms with E-state index in [1.165, 1.54) is 0 Å². The third kappa shape index (κ3) is 1.44. The molecule has 0 radical (unpaired) electrons. The van der Waals surface area contributed by atoms with Gasteiger partial charge in [0, 0.05) is 17.2 Å². The van der Waals surface area contributed by atoms with Crippen LogP contribution < -0.4 is 10.5 Å². The molecule has 72 valence electrons. The lowest BCUT2D eigenvalue weighted by atomic mass is 10.1. The zero-order valence-electron chi connectivity index (χ0n) is 7.86. The largest absolute Gasteiger partial charge is 0.496 e. The minimum Gasteiger partial charge on any atom is -0.496 e. The van der Waals surface area contributed by atoms with Gasteiger partial charge in [-0.05, 0) is 6.07 Å². The van der Waals surface area contributed by atoms with Gasteiger partial charge >= 0.3 is 0 Å². The van der Waals surface area contributed by atoms with Crippen molar-refractivity contribution < 1.29 is 9.15 Å². The molecule has 1 aromatic heterocycles. The molecule has 14 heavy (non-hydrogen) atoms. The van der Waals surface area contributed by atoms with Crippen LogP contribution in [0.1, 0.15) is 0 Å². The first kappa shape index (κ1) is 8.69. The molecule has 0 aliphatic carbocycles. The molecule has 0 saturated heterocycles. The maximum atomic E-state index is 5.50. The third-order valence-corrected chi connectivity index (χ3v) is 2.04. The second-order valence-electron chi connectivity index (χ2n) is 2.94. The van der Waals surface area contributed by atoms with E-state index < -0.39 is 0 Å². The maximum absolute atomic E-state index is 5.50. The van der Waals surface area contributed by atoms with Gasteiger partial charge in [-0.2, -0.15) is 0 Å². The summed E-state index contributed by atoms with van der Waals surface area (Å²) in [5.41, 5.74) is 7.41. The molecule has 0 saturated carbocycles. The summed E-state index contributed by atoms with van der Waals surface area (Å²) in [6.07, 6.45) is 1.62. The van der Waals surface area contributed by atoms with E-state index in [1.54, 1.807) is 19.4 Å². The van der Waals surface area contributed by atoms with Gasteiger partial charge < -0.3 is 14.9 Å². The number of para-hydroxylation sites is 1. The van der Waals surface area contributed by atoms with Gasteiger partial charge in [-0.15, -0.1) is 0 Å². The number of rotatable bonds is 2. The lowest BCUT2D eigenvalue weighted by Crippen LogP contribution is -1.85. The lowest BCUT2D eigenvalue weighted by Gasteiger charge is -2.04. The number of furan rings is 1. The van der Waals surface area contributed by atoms with Crippen molar-refractivity contribution in [1.82, 2.24) is 0 Å². The standard InChI is InChI=1S/C11H11NO2/c1-13-10-5-3-2-4-9(10)8-6-11(12)14-7-8/h2-7H,12H2,1H3. The summed E-state index contributed by atoms with van der Waals surface area (Å²) in [6, 6.07) is 9.51. The molecule has 2 rings (SSSR count). The van der Waals surface area contributed by atoms with Crippen molar-refractivity contribution in [1.29, 1.82) is 0 Å². The second-order valence-corrected chi connectivity index (χ2v) is 2.94. The molecule has 0 atom stereocenters. The highest BCUT2D eigenvalue weighted by Crippen LogP contribution is 2.31. The van der Waals surface area contributed by atoms with E-state index in [2.05, 4.69) is 0 Å². The second kappa shape index (κ2) is 3.46. The highest BCUT2D eigenvalue weighted by molar-refractivity contribution is 5.71. The van der Waals surface area contributed by atoms with E-state index >= 15 is 0 Å². The van der Waals surface area contributed by atoms with Gasteiger partial charge in [0.25, 0.3) is 0 Å². The summed E-state index contributed by atoms with van der Waals surface area (Å²) < 4.78 is 10.3. The fourth-order valence-electron chi connectivity index (χ4n) is 1.38. The van der Waals surface area contributed by atoms with E-state index in [0.29, 0.717) is 5.88 Å². The summed E-state index contributed by atoms with van der Waals surface area (Å²) in [5, 5.41) is 0. The fraction of sp³-hybridized carbons (Fsp3) is 0.0909. The van der Waals surface area contributed by atoms with E-state index in [9.17, 15) is 0 Å². The van der Waals surface area contributed by atoms with Gasteiger partial charge in [-0.25, -0.2) is 0 Å². The Labute approximate surface area is 82.1 Å². The summed E-state index contributed by atoms with van der Waals surface area (Å²) in [4.78, 5) is 0. The SMILES string of the molecule is COc1ccccc1-c1coc(N)c1. The predicted molar refractivity (Wildman–Crippen MR) is 55.1 cm³/mol. The maximum Gasteiger partial charge on any atom is 0.190 e. The monoisotopic (exact) mass is 189 g/mol. The Morgan fingerprint density at radius 1 is 1.29 bits per heavy atom. The normalized spacial score (nSPS) is 10.1. The molecule has 2 N–H and O–H groups in total. The minimum absolute atomic E-state index is 0.408. The molecule has 1 heterocycles. The number of methoxy groups -OCH3 is 1. The number of hydrogen-bond acceptors (Lipinski definition) is 3. The molecule has 0 spiro atoms. The van der Waals surface area contributed by atoms with Crippen LogP contribution in [-0.2, 0) is 0 Å². The average molecular weight is 189 g/mol. The van der Waals surface area contributed by atoms with Gasteiger partial charge in [0.15, 0.2) is 5.88 Å². The average Bonchev–Trinajstić information content (AvgIpc) is 2.65. The summed E-state index contributed by atoms with van der Waals surface area (Å²) in [7, 11) is 1.64. The number of hydrogen-bond donors (Lipinski definition) is 1. The van der Waals surface area contributed by atoms with Crippen molar-refractivity contribution in [3.8, 4) is 16.9 Å². The molecule has 0 fully saturated rings. The summed E-state index contributed by atoms with van der Waals surface area (Å²) in [6.45, 7) is 0. The van der Waals surface area contributed by atoms with Gasteiger partial charge in [0.05, 0.1) is 7.11 Å². The van der Waals surface area contributed by atoms with Gasteiger partial charge in [-0.1, -0.05) is 18.2 Å². The summed E-state index contributed by atoms with van der Waals surface area (Å²) >= 11 is 0. The van der Waals surface area contributed by atoms with Crippen molar-refractivity contribution in [2.75, 3.05) is 12.8 Å². The van der Waals surface area contributed by atoms with Crippen molar-refractivity contribution >= 4 is 5.88 Å². The highest BCUT2D eigenvalue weighted by atomic mass is 16.5. The highest BCUT2D eigenvalue weighted by Gasteiger charge is 2.06. The Balaban J connectivity index is 2.50. The van der Waals surface area contributed by atoms with Crippen LogP contribution in [0.25, 0.3) is 11.1 Å². The Morgan fingerprint density at radius 2 is 2.07 bits per heavy atom. The molecule has 0 aliphatic rings. The van der Waals surface area contributed by atoms with Crippen LogP contribution in [0.15, 0.2) is 41.0 Å². The number of benzene rings is 1. The smallest absolute Gasteiger partial charge is 0.190 e. The Hall–Kier alpha value is -1.90. The summed E-state index contributed by atoms with van der Waals surface area (Å²) in [5.74, 6) is 1.22. The van der Waals surface area contributed by atoms with Gasteiger partial charge in [0.1, 0.15) is 12.0 Å². The van der Waals surface area contributed by atoms with Crippen LogP contribution in [0, 0.1) is 0 Å². The van der Waals surface area contributed by atoms with Gasteiger partial charge in [-0.3, -0.25) is 0 Å². The van der Waals surface area contributed by atoms with E-state index in [1.807, 2.05) is 24.3 Å². The first-order chi connectivity index (χ1) is 6.81. The van der Waals surface area contributed by atoms with Crippen LogP contribution >= 0.6 is 0 Å². The Kier molecular flexibility index (Phi) is 2.14. The van der Waals surface area contributed by atoms with Crippen molar-refractivity contribution in [2.45, 2.75) is 0 Å². The molecule has 0 unspecified atom stereocenters. The Bertz CT molecular complexity index is 434. The van der Waals surface area contributed by atoms with Crippen LogP contribution in [0.4, 0.5) is 5.88 Å². The molecule has 2 aromatic rings. The molecular formula is C11H11NO2. The topological polar surface area (TPSA) is 48.4 Å². The number of anilines is 1. The van der Waals surface area contributed by atoms with Crippen LogP contribution in [0.3, 0.4) is 0 Å². The molecule has 0 aliphatic heterocycles. The fourth-order valence-corrected chi connectivity index (χ4v) is 1.38. The molecule has 0 amide bonds. The van der Waals surface area contributed by atoms with Crippen molar-refractivity contribution in [2.24, 2.45) is 0 Å². The van der Waals surface area contributed by atoms with Crippen molar-refractivity contribution in [3.05, 3.63) is 36.6 Å². The van der Waals surface area contributed by atoms with Crippen LogP contribution in [0.5, 0.6) is 5.75 Å². The van der Waals surface area contributed by atoms with E-state index in [-0.39, 0.29) is 0 Å². The number of nitrogens with two attached hydrogens (primary N) is 1. The first-order valence-electron chi connectivity index (χ1n) is 4.28. The van der Waals surface area contributed by atoms with Crippen molar-refractivity contribution in [3.63, 3.8) is 0 Å². The van der Waals surface area contributed by atoms with Gasteiger partial charge in [0.2, 0.25) is 0 Å². The zero-order chi connectivity index (χ0) is 9.97. The molecule has 0 bridgehead atoms. The number of ether oxygens (including phenoxy) is 1. The quantitative estimate of drug-likeness (QED) is 0.789. The van der Waals surface area contributed by atoms with Crippen LogP contribution in [0.2, 0.25) is 0 Å². The van der Waals surface area contributed by atoms with E-state index in [4.69, 9.17) is 14.9 Å². The molecular weight excluding hydrogens is 178 g/mol. The predicted octanol–water partition coefficient (Wildman–Crippen LogP) is 2.54. The minimum atomic E-state index is 0.408. The molecule has 3 nitrogen and oxygen atoms in total. The molecule has 3 heteroatoms. The first-order valence-corrected chi connectivity index (χ1v) is 4.28. The van der Waals surface area contributed by atoms with Crippen LogP contribution in [-0.4, -0.2) is 7.11 Å². The Morgan fingerprint density at radius 3 is 2.71 bits per heavy atom.